The van der Waals surface area contributed by atoms with Gasteiger partial charge in [0.2, 0.25) is 53.1 Å². The summed E-state index contributed by atoms with van der Waals surface area (Å²) < 4.78 is 53.7. The van der Waals surface area contributed by atoms with Gasteiger partial charge in [-0.2, -0.15) is 0 Å². The number of oxime groups is 1. The molecule has 0 unspecified atom stereocenters. The molecule has 37 nitrogen and oxygen atoms in total. The topological polar surface area (TPSA) is 535 Å². The van der Waals surface area contributed by atoms with Crippen LogP contribution in [0.1, 0.15) is 66.6 Å². The predicted octanol–water partition coefficient (Wildman–Crippen LogP) is 1.21. The Bertz CT molecular complexity index is 4230. The van der Waals surface area contributed by atoms with Crippen LogP contribution in [0.15, 0.2) is 123 Å². The van der Waals surface area contributed by atoms with Gasteiger partial charge < -0.3 is 108 Å². The molecule has 8 amide bonds. The predicted molar refractivity (Wildman–Crippen MR) is 407 cm³/mol. The van der Waals surface area contributed by atoms with Crippen molar-refractivity contribution >= 4 is 103 Å². The number of amidine groups is 1. The van der Waals surface area contributed by atoms with Crippen LogP contribution in [0, 0.1) is 11.2 Å². The second-order valence-electron chi connectivity index (χ2n) is 25.5. The molecule has 0 radical (unpaired) electrons. The van der Waals surface area contributed by atoms with Crippen molar-refractivity contribution in [2.24, 2.45) is 16.6 Å². The van der Waals surface area contributed by atoms with Gasteiger partial charge in [-0.15, -0.1) is 5.10 Å². The number of benzene rings is 4. The van der Waals surface area contributed by atoms with Crippen molar-refractivity contribution in [1.82, 2.24) is 72.8 Å². The molecule has 0 aliphatic carbocycles. The van der Waals surface area contributed by atoms with Gasteiger partial charge in [0.25, 0.3) is 0 Å². The SMILES string of the molecule is N=C(N)NCCC[C@H]1NC(=O)[C@@H](Cc2ccc(O)cc2)NC(=O)[C@@H](Cc2c[nH]c3ccccc23)NC(=O)[C@@H](NC(=O)CCOCCOCCOCCOCCOCCOCCNC(=O)CSc2nonc2/C(=N/O)Nc2ccc(F)c(Br)c2)Cc2cn(nn2)CCCC[C@@H](C(N)=O)NC(=O)[C@@H](Cc2ccc(O)cc2)NC1=O. The van der Waals surface area contributed by atoms with Crippen LogP contribution in [0.4, 0.5) is 10.1 Å². The number of aromatic hydroxyl groups is 2. The number of carbonyl (C=O) groups is 8. The second kappa shape index (κ2) is 46.7. The summed E-state index contributed by atoms with van der Waals surface area (Å²) >= 11 is 4.09. The van der Waals surface area contributed by atoms with Crippen LogP contribution >= 0.6 is 27.7 Å². The third-order valence-electron chi connectivity index (χ3n) is 17.0. The third-order valence-corrected chi connectivity index (χ3v) is 18.6. The third kappa shape index (κ3) is 30.1. The number of hydrogen-bond donors (Lipinski definition) is 16. The van der Waals surface area contributed by atoms with E-state index in [4.69, 9.17) is 49.9 Å². The lowest BCUT2D eigenvalue weighted by Crippen LogP contribution is -2.60. The lowest BCUT2D eigenvalue weighted by molar-refractivity contribution is -0.135. The van der Waals surface area contributed by atoms with Crippen molar-refractivity contribution < 1.29 is 91.2 Å². The summed E-state index contributed by atoms with van der Waals surface area (Å²) in [6.07, 6.45) is 3.14. The standard InChI is InChI=1S/C72H93BrFN19O18S/c73-52-39-47(14-19-53(52)74)81-65(89-104)63-71(91-111-90-63)112-43-62(97)78-22-25-106-27-29-108-31-33-110-35-34-109-32-30-107-28-26-105-24-20-61(96)82-60-40-48-42-93(92-88-48)23-4-3-8-55(64(75)98)83-67(100)57(36-44-10-15-49(94)16-11-44)85-66(99)56(9-5-21-79-72(76)77)84-68(101)58(37-45-12-17-50(95)18-13-45)86-69(102)59(87-70(60)103)38-46-41-80-54-7-2-1-6-51(46)54/h1-2,6-7,10-19,39,41-42,55-60,80,94-95,104H,3-5,8-9,20-38,40,43H2,(H2,75,98)(H,78,97)(H,81,89)(H,82,96)(H,83,100)(H,84,101)(H,85,99)(H,86,102)(H,87,103)(H4,76,77,79)/t55-,56+,57+,58+,59+,60-/m0/s1. The van der Waals surface area contributed by atoms with Crippen LogP contribution in [0.2, 0.25) is 0 Å². The molecule has 0 saturated heterocycles. The Kier molecular flexibility index (Phi) is 36.2. The molecule has 0 spiro atoms. The first-order chi connectivity index (χ1) is 54.2. The number of H-pyrrole nitrogens is 1. The Morgan fingerprint density at radius 3 is 1.86 bits per heavy atom. The summed E-state index contributed by atoms with van der Waals surface area (Å²) in [5.41, 5.74) is 14.4. The average Bonchev–Trinajstić information content (AvgIpc) is 1.62. The summed E-state index contributed by atoms with van der Waals surface area (Å²) in [5, 5.41) is 82.6. The Labute approximate surface area is 655 Å². The Hall–Kier alpha value is -10.9. The van der Waals surface area contributed by atoms with E-state index in [1.54, 1.807) is 30.6 Å². The first-order valence-corrected chi connectivity index (χ1v) is 37.8. The molecule has 4 aromatic carbocycles. The maximum Gasteiger partial charge on any atom is 0.243 e. The Morgan fingerprint density at radius 2 is 1.25 bits per heavy atom. The smallest absolute Gasteiger partial charge is 0.243 e. The zero-order valence-electron chi connectivity index (χ0n) is 61.1. The molecule has 1 aliphatic rings. The van der Waals surface area contributed by atoms with E-state index in [2.05, 4.69) is 94.5 Å². The minimum Gasteiger partial charge on any atom is -0.508 e. The number of ether oxygens (including phenoxy) is 6. The van der Waals surface area contributed by atoms with E-state index >= 15 is 4.79 Å². The molecule has 1 aliphatic heterocycles. The number of guanidine groups is 1. The summed E-state index contributed by atoms with van der Waals surface area (Å²) in [7, 11) is 0. The van der Waals surface area contributed by atoms with Crippen molar-refractivity contribution in [3.8, 4) is 11.5 Å². The molecule has 604 valence electrons. The molecule has 4 heterocycles. The number of nitrogens with zero attached hydrogens (tertiary/aromatic N) is 6. The zero-order valence-corrected chi connectivity index (χ0v) is 63.5. The molecule has 0 saturated carbocycles. The van der Waals surface area contributed by atoms with E-state index in [1.807, 2.05) is 18.2 Å². The quantitative estimate of drug-likeness (QED) is 0.00646. The molecule has 2 bridgehead atoms. The summed E-state index contributed by atoms with van der Waals surface area (Å²) in [5.74, 6) is -7.12. The molecular weight excluding hydrogens is 1550 g/mol. The number of carbonyl (C=O) groups excluding carboxylic acids is 8. The van der Waals surface area contributed by atoms with E-state index in [9.17, 15) is 53.4 Å². The number of aromatic amines is 1. The van der Waals surface area contributed by atoms with Crippen molar-refractivity contribution in [2.45, 2.75) is 112 Å². The minimum atomic E-state index is -1.50. The molecule has 112 heavy (non-hydrogen) atoms. The molecular formula is C72H93BrFN19O18S. The number of aromatic nitrogens is 6. The molecule has 40 heteroatoms. The molecule has 0 fully saturated rings. The minimum absolute atomic E-state index is 0.0432. The number of nitrogens with one attached hydrogen (secondary N) is 11. The Balaban J connectivity index is 0.812. The molecule has 6 atom stereocenters. The van der Waals surface area contributed by atoms with Crippen LogP contribution in [-0.4, -0.2) is 239 Å². The number of nitrogens with two attached hydrogens (primary N) is 2. The van der Waals surface area contributed by atoms with Crippen LogP contribution < -0.4 is 59.3 Å². The maximum absolute atomic E-state index is 15.2. The lowest BCUT2D eigenvalue weighted by Gasteiger charge is -2.28. The van der Waals surface area contributed by atoms with Gasteiger partial charge in [0, 0.05) is 80.7 Å². The number of para-hydroxylation sites is 1. The van der Waals surface area contributed by atoms with Gasteiger partial charge in [-0.3, -0.25) is 48.4 Å². The van der Waals surface area contributed by atoms with Crippen molar-refractivity contribution in [1.29, 1.82) is 5.41 Å². The number of phenols is 2. The van der Waals surface area contributed by atoms with Crippen LogP contribution in [0.5, 0.6) is 11.5 Å². The van der Waals surface area contributed by atoms with E-state index in [-0.39, 0.29) is 173 Å². The maximum atomic E-state index is 15.2. The van der Waals surface area contributed by atoms with Crippen LogP contribution in [-0.2, 0) is 99.0 Å². The largest absolute Gasteiger partial charge is 0.508 e. The monoisotopic (exact) mass is 1640 g/mol. The summed E-state index contributed by atoms with van der Waals surface area (Å²) in [6.45, 7) is 3.31. The highest BCUT2D eigenvalue weighted by molar-refractivity contribution is 9.10. The highest BCUT2D eigenvalue weighted by Gasteiger charge is 2.35. The van der Waals surface area contributed by atoms with E-state index < -0.39 is 83.4 Å². The number of thioether (sulfide) groups is 1. The molecule has 7 aromatic rings. The number of phenolic OH excluding ortho intramolecular Hbond substituents is 2. The van der Waals surface area contributed by atoms with Gasteiger partial charge in [-0.05, 0) is 124 Å². The fraction of sp³-hybridized carbons (Fsp3) is 0.444. The van der Waals surface area contributed by atoms with Crippen LogP contribution in [0.3, 0.4) is 0 Å². The fourth-order valence-electron chi connectivity index (χ4n) is 11.3. The number of anilines is 1. The van der Waals surface area contributed by atoms with Gasteiger partial charge in [-0.1, -0.05) is 64.6 Å². The molecule has 3 aromatic heterocycles. The zero-order chi connectivity index (χ0) is 80.0. The van der Waals surface area contributed by atoms with E-state index in [1.165, 1.54) is 59.3 Å². The molecule has 8 rings (SSSR count). The first kappa shape index (κ1) is 86.7. The van der Waals surface area contributed by atoms with Gasteiger partial charge in [-0.25, -0.2) is 9.02 Å². The summed E-state index contributed by atoms with van der Waals surface area (Å²) in [6, 6.07) is 14.7. The average molecular weight is 1640 g/mol. The second-order valence-corrected chi connectivity index (χ2v) is 27.3. The normalized spacial score (nSPS) is 17.8. The van der Waals surface area contributed by atoms with E-state index in [0.717, 1.165) is 22.7 Å². The number of primary amides is 1. The highest BCUT2D eigenvalue weighted by atomic mass is 79.9. The van der Waals surface area contributed by atoms with Gasteiger partial charge in [0.1, 0.15) is 53.6 Å². The highest BCUT2D eigenvalue weighted by Crippen LogP contribution is 2.25. The fourth-order valence-corrected chi connectivity index (χ4v) is 12.4. The van der Waals surface area contributed by atoms with E-state index in [0.29, 0.717) is 68.3 Å². The van der Waals surface area contributed by atoms with Crippen LogP contribution in [0.25, 0.3) is 10.9 Å². The first-order valence-electron chi connectivity index (χ1n) is 36.0. The van der Waals surface area contributed by atoms with Gasteiger partial charge in [0.15, 0.2) is 16.7 Å². The van der Waals surface area contributed by atoms with Crippen molar-refractivity contribution in [3.63, 3.8) is 0 Å². The lowest BCUT2D eigenvalue weighted by atomic mass is 10.0. The van der Waals surface area contributed by atoms with Gasteiger partial charge in [0.05, 0.1) is 95.2 Å². The Morgan fingerprint density at radius 1 is 0.679 bits per heavy atom. The summed E-state index contributed by atoms with van der Waals surface area (Å²) in [4.78, 5) is 117. The number of fused-ring (bicyclic) bond motifs is 3. The number of hydrogen-bond acceptors (Lipinski definition) is 25. The van der Waals surface area contributed by atoms with Crippen molar-refractivity contribution in [2.75, 3.05) is 103 Å². The number of halogens is 2. The van der Waals surface area contributed by atoms with Crippen molar-refractivity contribution in [3.05, 3.63) is 142 Å². The number of rotatable bonds is 38. The van der Waals surface area contributed by atoms with Gasteiger partial charge >= 0.3 is 0 Å². The number of aryl methyl sites for hydroxylation is 1. The number of amides is 8. The molecule has 18 N–H and O–H groups in total.